The highest BCUT2D eigenvalue weighted by Crippen LogP contribution is 2.20. The van der Waals surface area contributed by atoms with Gasteiger partial charge in [0.15, 0.2) is 0 Å². The normalized spacial score (nSPS) is 19.1. The number of nitrogens with zero attached hydrogens (tertiary/aromatic N) is 3. The van der Waals surface area contributed by atoms with Crippen molar-refractivity contribution in [1.29, 1.82) is 0 Å². The summed E-state index contributed by atoms with van der Waals surface area (Å²) in [7, 11) is 1.90. The first kappa shape index (κ1) is 14.9. The number of phenols is 1. The lowest BCUT2D eigenvalue weighted by atomic mass is 10.2. The number of imidazole rings is 1. The van der Waals surface area contributed by atoms with Crippen LogP contribution in [0.1, 0.15) is 0 Å². The number of anilines is 1. The number of phenolic OH excluding ortho intramolecular Hbond substituents is 1. The number of amidine groups is 1. The fourth-order valence-corrected chi connectivity index (χ4v) is 2.94. The van der Waals surface area contributed by atoms with Crippen molar-refractivity contribution in [1.82, 2.24) is 9.55 Å². The van der Waals surface area contributed by atoms with Gasteiger partial charge < -0.3 is 19.7 Å². The van der Waals surface area contributed by atoms with Gasteiger partial charge in [-0.05, 0) is 24.3 Å². The molecule has 0 aliphatic carbocycles. The van der Waals surface area contributed by atoms with Crippen LogP contribution < -0.4 is 5.32 Å². The van der Waals surface area contributed by atoms with Gasteiger partial charge in [-0.2, -0.15) is 16.8 Å². The van der Waals surface area contributed by atoms with Crippen molar-refractivity contribution in [3.05, 3.63) is 36.7 Å². The summed E-state index contributed by atoms with van der Waals surface area (Å²) in [6.45, 7) is 0.714. The highest BCUT2D eigenvalue weighted by molar-refractivity contribution is 7.99. The molecule has 2 aromatic rings. The van der Waals surface area contributed by atoms with Crippen LogP contribution in [0, 0.1) is 0 Å². The molecule has 0 spiro atoms. The van der Waals surface area contributed by atoms with E-state index in [0.717, 1.165) is 23.0 Å². The van der Waals surface area contributed by atoms with E-state index in [0.29, 0.717) is 12.6 Å². The van der Waals surface area contributed by atoms with Crippen molar-refractivity contribution in [3.63, 3.8) is 0 Å². The third-order valence-electron chi connectivity index (χ3n) is 3.28. The summed E-state index contributed by atoms with van der Waals surface area (Å²) in [5, 5.41) is 12.7. The van der Waals surface area contributed by atoms with Crippen LogP contribution in [-0.2, 0) is 11.8 Å². The van der Waals surface area contributed by atoms with Crippen molar-refractivity contribution in [2.24, 2.45) is 12.0 Å². The Balaban J connectivity index is 1.86. The number of ether oxygens (including phenoxy) is 1. The number of aryl methyl sites for hydroxylation is 1. The number of rotatable bonds is 3. The zero-order valence-electron chi connectivity index (χ0n) is 12.3. The zero-order chi connectivity index (χ0) is 15.4. The molecule has 1 saturated heterocycles. The lowest BCUT2D eigenvalue weighted by Crippen LogP contribution is -2.36. The maximum atomic E-state index is 9.38. The van der Waals surface area contributed by atoms with Gasteiger partial charge in [0.1, 0.15) is 17.7 Å². The van der Waals surface area contributed by atoms with E-state index in [9.17, 15) is 5.11 Å². The first-order valence-corrected chi connectivity index (χ1v) is 8.19. The Kier molecular flexibility index (Phi) is 4.65. The molecule has 1 aliphatic heterocycles. The summed E-state index contributed by atoms with van der Waals surface area (Å²) in [5.74, 6) is 3.45. The van der Waals surface area contributed by atoms with Gasteiger partial charge in [0.25, 0.3) is 0 Å². The summed E-state index contributed by atoms with van der Waals surface area (Å²) in [4.78, 5) is 8.86. The first-order valence-electron chi connectivity index (χ1n) is 7.03. The molecular formula is C15H18N4O2S. The smallest absolute Gasteiger partial charge is 0.230 e. The third-order valence-corrected chi connectivity index (χ3v) is 4.27. The molecule has 0 radical (unpaired) electrons. The van der Waals surface area contributed by atoms with Crippen LogP contribution in [0.3, 0.4) is 0 Å². The fraction of sp³-hybridized carbons (Fsp3) is 0.333. The highest BCUT2D eigenvalue weighted by Gasteiger charge is 2.21. The van der Waals surface area contributed by atoms with E-state index in [1.807, 2.05) is 29.6 Å². The number of hydrogen-bond donors (Lipinski definition) is 2. The quantitative estimate of drug-likeness (QED) is 0.516. The molecule has 22 heavy (non-hydrogen) atoms. The van der Waals surface area contributed by atoms with Gasteiger partial charge in [0.2, 0.25) is 5.95 Å². The number of benzene rings is 1. The third kappa shape index (κ3) is 3.61. The predicted molar refractivity (Wildman–Crippen MR) is 89.1 cm³/mol. The van der Waals surface area contributed by atoms with Gasteiger partial charge in [-0.3, -0.25) is 0 Å². The van der Waals surface area contributed by atoms with Crippen LogP contribution in [0.4, 0.5) is 11.6 Å². The average molecular weight is 318 g/mol. The standard InChI is InChI=1S/C15H18N4O2S/c1-19-7-6-16-15(19)18-14(13-10-22-9-8-21-13)17-11-2-4-12(20)5-3-11/h2-7,13,20H,8-10H2,1H3,(H,16,17,18). The van der Waals surface area contributed by atoms with Gasteiger partial charge >= 0.3 is 0 Å². The predicted octanol–water partition coefficient (Wildman–Crippen LogP) is 2.40. The van der Waals surface area contributed by atoms with Crippen molar-refractivity contribution in [2.45, 2.75) is 6.10 Å². The monoisotopic (exact) mass is 318 g/mol. The van der Waals surface area contributed by atoms with Gasteiger partial charge in [0, 0.05) is 36.6 Å². The molecule has 0 amide bonds. The topological polar surface area (TPSA) is 71.7 Å². The molecule has 1 atom stereocenters. The van der Waals surface area contributed by atoms with E-state index < -0.39 is 0 Å². The lowest BCUT2D eigenvalue weighted by Gasteiger charge is -2.24. The lowest BCUT2D eigenvalue weighted by molar-refractivity contribution is 0.121. The maximum absolute atomic E-state index is 9.38. The molecular weight excluding hydrogens is 300 g/mol. The van der Waals surface area contributed by atoms with E-state index in [1.54, 1.807) is 30.5 Å². The van der Waals surface area contributed by atoms with Gasteiger partial charge in [0.05, 0.1) is 6.61 Å². The summed E-state index contributed by atoms with van der Waals surface area (Å²) >= 11 is 1.85. The van der Waals surface area contributed by atoms with Gasteiger partial charge in [-0.25, -0.2) is 4.98 Å². The van der Waals surface area contributed by atoms with E-state index in [-0.39, 0.29) is 11.9 Å². The van der Waals surface area contributed by atoms with E-state index >= 15 is 0 Å². The Morgan fingerprint density at radius 3 is 2.91 bits per heavy atom. The van der Waals surface area contributed by atoms with Crippen LogP contribution in [-0.4, -0.2) is 44.7 Å². The Bertz CT molecular complexity index is 648. The maximum Gasteiger partial charge on any atom is 0.230 e. The molecule has 1 aromatic heterocycles. The number of hydrogen-bond acceptors (Lipinski definition) is 5. The van der Waals surface area contributed by atoms with Crippen LogP contribution in [0.2, 0.25) is 0 Å². The second kappa shape index (κ2) is 6.85. The minimum Gasteiger partial charge on any atom is -0.508 e. The van der Waals surface area contributed by atoms with E-state index in [4.69, 9.17) is 4.74 Å². The Morgan fingerprint density at radius 2 is 2.27 bits per heavy atom. The molecule has 3 rings (SSSR count). The van der Waals surface area contributed by atoms with Gasteiger partial charge in [-0.1, -0.05) is 0 Å². The molecule has 2 N–H and O–H groups in total. The number of aromatic nitrogens is 2. The summed E-state index contributed by atoms with van der Waals surface area (Å²) < 4.78 is 7.68. The van der Waals surface area contributed by atoms with Crippen molar-refractivity contribution in [3.8, 4) is 5.75 Å². The summed E-state index contributed by atoms with van der Waals surface area (Å²) in [6, 6.07) is 6.88. The Labute approximate surface area is 133 Å². The van der Waals surface area contributed by atoms with Crippen LogP contribution in [0.15, 0.2) is 41.7 Å². The minimum absolute atomic E-state index is 0.0933. The zero-order valence-corrected chi connectivity index (χ0v) is 13.1. The first-order chi connectivity index (χ1) is 10.7. The Hall–Kier alpha value is -1.99. The van der Waals surface area contributed by atoms with Gasteiger partial charge in [-0.15, -0.1) is 0 Å². The summed E-state index contributed by atoms with van der Waals surface area (Å²) in [5.41, 5.74) is 0.852. The van der Waals surface area contributed by atoms with Crippen molar-refractivity contribution >= 4 is 29.2 Å². The molecule has 2 heterocycles. The molecule has 7 heteroatoms. The highest BCUT2D eigenvalue weighted by atomic mass is 32.2. The second-order valence-electron chi connectivity index (χ2n) is 4.94. The SMILES string of the molecule is Cn1ccnc1N=C(Nc1ccc(O)cc1)C1CSCCO1. The molecule has 1 aliphatic rings. The van der Waals surface area contributed by atoms with E-state index in [1.165, 1.54) is 0 Å². The average Bonchev–Trinajstić information content (AvgIpc) is 2.95. The number of nitrogens with one attached hydrogen (secondary N) is 1. The van der Waals surface area contributed by atoms with Crippen LogP contribution in [0.25, 0.3) is 0 Å². The van der Waals surface area contributed by atoms with Crippen LogP contribution >= 0.6 is 11.8 Å². The molecule has 0 saturated carbocycles. The molecule has 1 aromatic carbocycles. The minimum atomic E-state index is -0.0933. The fourth-order valence-electron chi connectivity index (χ4n) is 2.09. The molecule has 6 nitrogen and oxygen atoms in total. The Morgan fingerprint density at radius 1 is 1.45 bits per heavy atom. The van der Waals surface area contributed by atoms with E-state index in [2.05, 4.69) is 15.3 Å². The second-order valence-corrected chi connectivity index (χ2v) is 6.09. The number of thioether (sulfide) groups is 1. The largest absolute Gasteiger partial charge is 0.508 e. The number of aliphatic imine (C=N–C) groups is 1. The summed E-state index contributed by atoms with van der Waals surface area (Å²) in [6.07, 6.45) is 3.48. The van der Waals surface area contributed by atoms with Crippen molar-refractivity contribution < 1.29 is 9.84 Å². The number of aromatic hydroxyl groups is 1. The van der Waals surface area contributed by atoms with Crippen LogP contribution in [0.5, 0.6) is 5.75 Å². The molecule has 0 bridgehead atoms. The molecule has 116 valence electrons. The van der Waals surface area contributed by atoms with Crippen molar-refractivity contribution in [2.75, 3.05) is 23.4 Å². The molecule has 1 unspecified atom stereocenters. The molecule has 1 fully saturated rings.